The predicted molar refractivity (Wildman–Crippen MR) is 73.6 cm³/mol. The van der Waals surface area contributed by atoms with Gasteiger partial charge in [0.15, 0.2) is 5.78 Å². The van der Waals surface area contributed by atoms with Crippen LogP contribution in [0.25, 0.3) is 0 Å². The highest BCUT2D eigenvalue weighted by Gasteiger charge is 2.14. The first-order chi connectivity index (χ1) is 8.70. The van der Waals surface area contributed by atoms with Gasteiger partial charge >= 0.3 is 0 Å². The molecule has 2 N–H and O–H groups in total. The summed E-state index contributed by atoms with van der Waals surface area (Å²) >= 11 is 0. The molecule has 1 fully saturated rings. The average Bonchev–Trinajstić information content (AvgIpc) is 2.40. The van der Waals surface area contributed by atoms with Crippen LogP contribution in [0.1, 0.15) is 17.3 Å². The summed E-state index contributed by atoms with van der Waals surface area (Å²) in [5.74, 6) is 5.78. The van der Waals surface area contributed by atoms with E-state index in [0.29, 0.717) is 0 Å². The maximum atomic E-state index is 11.7. The standard InChI is InChI=1S/C14H19N3O/c1-2-3-14(18)12-4-6-13(7-5-12)16-8-10-17(15)11-9-16/h2-7H,8-11,15H2,1H3/b3-2+. The molecular weight excluding hydrogens is 226 g/mol. The van der Waals surface area contributed by atoms with Crippen LogP contribution in [0.5, 0.6) is 0 Å². The van der Waals surface area contributed by atoms with E-state index in [0.717, 1.165) is 37.4 Å². The molecule has 1 heterocycles. The summed E-state index contributed by atoms with van der Waals surface area (Å²) in [4.78, 5) is 13.9. The maximum absolute atomic E-state index is 11.7. The molecule has 0 unspecified atom stereocenters. The number of anilines is 1. The van der Waals surface area contributed by atoms with E-state index in [1.807, 2.05) is 36.2 Å². The number of piperazine rings is 1. The van der Waals surface area contributed by atoms with Crippen LogP contribution in [0.3, 0.4) is 0 Å². The lowest BCUT2D eigenvalue weighted by molar-refractivity contribution is 0.104. The first kappa shape index (κ1) is 12.8. The number of nitrogens with two attached hydrogens (primary N) is 1. The van der Waals surface area contributed by atoms with Crippen molar-refractivity contribution in [3.63, 3.8) is 0 Å². The van der Waals surface area contributed by atoms with Gasteiger partial charge in [-0.3, -0.25) is 10.6 Å². The zero-order chi connectivity index (χ0) is 13.0. The third kappa shape index (κ3) is 2.97. The van der Waals surface area contributed by atoms with Crippen molar-refractivity contribution in [3.8, 4) is 0 Å². The van der Waals surface area contributed by atoms with Crippen LogP contribution in [0.15, 0.2) is 36.4 Å². The molecule has 1 aromatic rings. The Morgan fingerprint density at radius 2 is 1.78 bits per heavy atom. The lowest BCUT2D eigenvalue weighted by atomic mass is 10.1. The monoisotopic (exact) mass is 245 g/mol. The summed E-state index contributed by atoms with van der Waals surface area (Å²) in [6, 6.07) is 7.77. The van der Waals surface area contributed by atoms with Crippen molar-refractivity contribution in [2.45, 2.75) is 6.92 Å². The molecule has 96 valence electrons. The van der Waals surface area contributed by atoms with Crippen molar-refractivity contribution in [2.75, 3.05) is 31.1 Å². The van der Waals surface area contributed by atoms with Crippen LogP contribution in [0, 0.1) is 0 Å². The fourth-order valence-corrected chi connectivity index (χ4v) is 2.06. The zero-order valence-corrected chi connectivity index (χ0v) is 10.7. The second-order valence-electron chi connectivity index (χ2n) is 4.43. The van der Waals surface area contributed by atoms with Gasteiger partial charge in [-0.05, 0) is 37.3 Å². The molecule has 0 bridgehead atoms. The van der Waals surface area contributed by atoms with Crippen LogP contribution in [0.2, 0.25) is 0 Å². The largest absolute Gasteiger partial charge is 0.369 e. The van der Waals surface area contributed by atoms with Gasteiger partial charge in [0, 0.05) is 37.4 Å². The lowest BCUT2D eigenvalue weighted by Gasteiger charge is -2.33. The third-order valence-electron chi connectivity index (χ3n) is 3.15. The second-order valence-corrected chi connectivity index (χ2v) is 4.43. The summed E-state index contributed by atoms with van der Waals surface area (Å²) < 4.78 is 0. The third-order valence-corrected chi connectivity index (χ3v) is 3.15. The molecule has 0 aliphatic carbocycles. The number of carbonyl (C=O) groups is 1. The van der Waals surface area contributed by atoms with E-state index in [4.69, 9.17) is 5.84 Å². The van der Waals surface area contributed by atoms with E-state index in [2.05, 4.69) is 4.90 Å². The molecule has 1 aliphatic rings. The molecule has 0 radical (unpaired) electrons. The summed E-state index contributed by atoms with van der Waals surface area (Å²) in [6.45, 7) is 5.45. The SMILES string of the molecule is C/C=C/C(=O)c1ccc(N2CCN(N)CC2)cc1. The number of hydrogen-bond acceptors (Lipinski definition) is 4. The van der Waals surface area contributed by atoms with E-state index in [9.17, 15) is 4.79 Å². The Balaban J connectivity index is 2.05. The maximum Gasteiger partial charge on any atom is 0.185 e. The number of carbonyl (C=O) groups excluding carboxylic acids is 1. The minimum absolute atomic E-state index is 0.0517. The fraction of sp³-hybridized carbons (Fsp3) is 0.357. The number of benzene rings is 1. The van der Waals surface area contributed by atoms with Gasteiger partial charge in [0.05, 0.1) is 0 Å². The highest BCUT2D eigenvalue weighted by molar-refractivity contribution is 6.04. The van der Waals surface area contributed by atoms with Crippen molar-refractivity contribution in [3.05, 3.63) is 42.0 Å². The molecule has 0 saturated carbocycles. The molecule has 0 amide bonds. The van der Waals surface area contributed by atoms with Gasteiger partial charge in [-0.1, -0.05) is 6.08 Å². The molecule has 0 atom stereocenters. The van der Waals surface area contributed by atoms with Crippen LogP contribution in [0.4, 0.5) is 5.69 Å². The van der Waals surface area contributed by atoms with Gasteiger partial charge in [-0.15, -0.1) is 0 Å². The van der Waals surface area contributed by atoms with E-state index < -0.39 is 0 Å². The normalized spacial score (nSPS) is 17.3. The van der Waals surface area contributed by atoms with Gasteiger partial charge in [0.2, 0.25) is 0 Å². The smallest absolute Gasteiger partial charge is 0.185 e. The number of ketones is 1. The summed E-state index contributed by atoms with van der Waals surface area (Å²) in [5, 5.41) is 1.83. The molecule has 1 saturated heterocycles. The Morgan fingerprint density at radius 1 is 1.17 bits per heavy atom. The van der Waals surface area contributed by atoms with Crippen molar-refractivity contribution in [1.82, 2.24) is 5.01 Å². The van der Waals surface area contributed by atoms with Crippen molar-refractivity contribution < 1.29 is 4.79 Å². The highest BCUT2D eigenvalue weighted by Crippen LogP contribution is 2.17. The van der Waals surface area contributed by atoms with Gasteiger partial charge in [-0.25, -0.2) is 5.01 Å². The Labute approximate surface area is 108 Å². The average molecular weight is 245 g/mol. The Bertz CT molecular complexity index is 431. The number of hydrazine groups is 1. The summed E-state index contributed by atoms with van der Waals surface area (Å²) in [5.41, 5.74) is 1.88. The second kappa shape index (κ2) is 5.80. The predicted octanol–water partition coefficient (Wildman–Crippen LogP) is 1.44. The summed E-state index contributed by atoms with van der Waals surface area (Å²) in [6.07, 6.45) is 3.35. The van der Waals surface area contributed by atoms with Crippen LogP contribution < -0.4 is 10.7 Å². The van der Waals surface area contributed by atoms with E-state index in [1.54, 1.807) is 12.2 Å². The first-order valence-corrected chi connectivity index (χ1v) is 6.22. The minimum atomic E-state index is 0.0517. The Morgan fingerprint density at radius 3 is 2.33 bits per heavy atom. The van der Waals surface area contributed by atoms with E-state index >= 15 is 0 Å². The molecule has 1 aromatic carbocycles. The fourth-order valence-electron chi connectivity index (χ4n) is 2.06. The lowest BCUT2D eigenvalue weighted by Crippen LogP contribution is -2.49. The van der Waals surface area contributed by atoms with Crippen LogP contribution in [-0.4, -0.2) is 37.0 Å². The molecule has 4 nitrogen and oxygen atoms in total. The number of hydrogen-bond donors (Lipinski definition) is 1. The molecule has 4 heteroatoms. The topological polar surface area (TPSA) is 49.6 Å². The zero-order valence-electron chi connectivity index (χ0n) is 10.7. The van der Waals surface area contributed by atoms with Crippen LogP contribution in [-0.2, 0) is 0 Å². The van der Waals surface area contributed by atoms with Gasteiger partial charge in [0.25, 0.3) is 0 Å². The molecular formula is C14H19N3O. The molecule has 1 aliphatic heterocycles. The van der Waals surface area contributed by atoms with Crippen molar-refractivity contribution in [2.24, 2.45) is 5.84 Å². The number of rotatable bonds is 3. The van der Waals surface area contributed by atoms with E-state index in [-0.39, 0.29) is 5.78 Å². The quantitative estimate of drug-likeness (QED) is 0.497. The molecule has 0 aromatic heterocycles. The molecule has 18 heavy (non-hydrogen) atoms. The Kier molecular flexibility index (Phi) is 4.12. The number of nitrogens with zero attached hydrogens (tertiary/aromatic N) is 2. The molecule has 2 rings (SSSR count). The number of allylic oxidation sites excluding steroid dienone is 2. The van der Waals surface area contributed by atoms with Crippen molar-refractivity contribution >= 4 is 11.5 Å². The highest BCUT2D eigenvalue weighted by atomic mass is 16.1. The molecule has 0 spiro atoms. The van der Waals surface area contributed by atoms with Crippen LogP contribution >= 0.6 is 0 Å². The van der Waals surface area contributed by atoms with Gasteiger partial charge in [0.1, 0.15) is 0 Å². The Hall–Kier alpha value is -1.65. The van der Waals surface area contributed by atoms with Gasteiger partial charge in [-0.2, -0.15) is 0 Å². The minimum Gasteiger partial charge on any atom is -0.369 e. The van der Waals surface area contributed by atoms with Gasteiger partial charge < -0.3 is 4.90 Å². The summed E-state index contributed by atoms with van der Waals surface area (Å²) in [7, 11) is 0. The van der Waals surface area contributed by atoms with E-state index in [1.165, 1.54) is 0 Å². The van der Waals surface area contributed by atoms with Crippen molar-refractivity contribution in [1.29, 1.82) is 0 Å². The first-order valence-electron chi connectivity index (χ1n) is 6.22.